The Morgan fingerprint density at radius 1 is 1.33 bits per heavy atom. The molecule has 0 heterocycles. The molecule has 0 saturated heterocycles. The van der Waals surface area contributed by atoms with Gasteiger partial charge in [-0.25, -0.2) is 0 Å². The van der Waals surface area contributed by atoms with Gasteiger partial charge in [0.25, 0.3) is 0 Å². The Morgan fingerprint density at radius 2 is 2.08 bits per heavy atom. The van der Waals surface area contributed by atoms with Gasteiger partial charge in [0.1, 0.15) is 6.79 Å². The highest BCUT2D eigenvalue weighted by Gasteiger charge is 2.05. The average molecular weight is 176 g/mol. The quantitative estimate of drug-likeness (QED) is 0.450. The number of unbranched alkanes of at least 4 members (excludes halogenated alkanes) is 2. The summed E-state index contributed by atoms with van der Waals surface area (Å²) in [5.74, 6) is 0. The molecule has 0 aromatic carbocycles. The molecule has 0 fully saturated rings. The number of aliphatic hydroxyl groups is 1. The van der Waals surface area contributed by atoms with Crippen LogP contribution in [0.25, 0.3) is 0 Å². The SMILES string of the molecule is CCCCCC(CO)OCOC. The van der Waals surface area contributed by atoms with Gasteiger partial charge in [-0.05, 0) is 6.42 Å². The van der Waals surface area contributed by atoms with Crippen molar-refractivity contribution in [1.82, 2.24) is 0 Å². The second-order valence-corrected chi connectivity index (χ2v) is 2.87. The van der Waals surface area contributed by atoms with Crippen LogP contribution in [0, 0.1) is 0 Å². The van der Waals surface area contributed by atoms with Crippen molar-refractivity contribution in [2.24, 2.45) is 0 Å². The van der Waals surface area contributed by atoms with Gasteiger partial charge in [-0.15, -0.1) is 0 Å². The highest BCUT2D eigenvalue weighted by atomic mass is 16.7. The molecule has 0 aliphatic heterocycles. The Balaban J connectivity index is 3.26. The van der Waals surface area contributed by atoms with Crippen LogP contribution in [0.4, 0.5) is 0 Å². The van der Waals surface area contributed by atoms with E-state index < -0.39 is 0 Å². The zero-order chi connectivity index (χ0) is 9.23. The van der Waals surface area contributed by atoms with Crippen molar-refractivity contribution >= 4 is 0 Å². The van der Waals surface area contributed by atoms with Crippen molar-refractivity contribution < 1.29 is 14.6 Å². The summed E-state index contributed by atoms with van der Waals surface area (Å²) in [6.45, 7) is 2.52. The van der Waals surface area contributed by atoms with E-state index in [1.54, 1.807) is 7.11 Å². The van der Waals surface area contributed by atoms with Crippen LogP contribution in [-0.4, -0.2) is 31.7 Å². The van der Waals surface area contributed by atoms with Gasteiger partial charge in [-0.2, -0.15) is 0 Å². The minimum Gasteiger partial charge on any atom is -0.394 e. The first-order valence-corrected chi connectivity index (χ1v) is 4.56. The first-order valence-electron chi connectivity index (χ1n) is 4.56. The van der Waals surface area contributed by atoms with Crippen LogP contribution in [0.3, 0.4) is 0 Å². The van der Waals surface area contributed by atoms with E-state index in [-0.39, 0.29) is 19.5 Å². The summed E-state index contributed by atoms with van der Waals surface area (Å²) in [5.41, 5.74) is 0. The van der Waals surface area contributed by atoms with Gasteiger partial charge in [0.2, 0.25) is 0 Å². The van der Waals surface area contributed by atoms with Gasteiger partial charge in [-0.3, -0.25) is 0 Å². The molecule has 0 spiro atoms. The predicted octanol–water partition coefficient (Wildman–Crippen LogP) is 1.55. The van der Waals surface area contributed by atoms with E-state index in [0.29, 0.717) is 0 Å². The summed E-state index contributed by atoms with van der Waals surface area (Å²) in [4.78, 5) is 0. The standard InChI is InChI=1S/C9H20O3/c1-3-4-5-6-9(7-10)12-8-11-2/h9-10H,3-8H2,1-2H3. The smallest absolute Gasteiger partial charge is 0.146 e. The number of rotatable bonds is 8. The minimum absolute atomic E-state index is 0.0449. The fraction of sp³-hybridized carbons (Fsp3) is 1.00. The van der Waals surface area contributed by atoms with E-state index in [9.17, 15) is 0 Å². The molecule has 0 aromatic heterocycles. The second-order valence-electron chi connectivity index (χ2n) is 2.87. The topological polar surface area (TPSA) is 38.7 Å². The summed E-state index contributed by atoms with van der Waals surface area (Å²) in [7, 11) is 1.58. The first kappa shape index (κ1) is 11.9. The van der Waals surface area contributed by atoms with E-state index in [1.165, 1.54) is 12.8 Å². The maximum atomic E-state index is 8.87. The maximum absolute atomic E-state index is 8.87. The van der Waals surface area contributed by atoms with Crippen LogP contribution in [0.1, 0.15) is 32.6 Å². The number of methoxy groups -OCH3 is 1. The van der Waals surface area contributed by atoms with Gasteiger partial charge < -0.3 is 14.6 Å². The minimum atomic E-state index is -0.0449. The molecule has 0 bridgehead atoms. The van der Waals surface area contributed by atoms with Crippen molar-refractivity contribution in [3.05, 3.63) is 0 Å². The lowest BCUT2D eigenvalue weighted by Gasteiger charge is -2.13. The Morgan fingerprint density at radius 3 is 2.58 bits per heavy atom. The second kappa shape index (κ2) is 8.97. The van der Waals surface area contributed by atoms with Gasteiger partial charge in [0.15, 0.2) is 0 Å². The summed E-state index contributed by atoms with van der Waals surface area (Å²) >= 11 is 0. The van der Waals surface area contributed by atoms with Crippen LogP contribution < -0.4 is 0 Å². The average Bonchev–Trinajstić information content (AvgIpc) is 2.11. The Bertz CT molecular complexity index is 85.8. The van der Waals surface area contributed by atoms with Gasteiger partial charge in [0, 0.05) is 7.11 Å². The predicted molar refractivity (Wildman–Crippen MR) is 48.0 cm³/mol. The van der Waals surface area contributed by atoms with E-state index in [4.69, 9.17) is 14.6 Å². The molecular formula is C9H20O3. The molecule has 0 aromatic rings. The number of ether oxygens (including phenoxy) is 2. The summed E-state index contributed by atoms with van der Waals surface area (Å²) < 4.78 is 9.96. The van der Waals surface area contributed by atoms with E-state index >= 15 is 0 Å². The zero-order valence-electron chi connectivity index (χ0n) is 8.08. The molecule has 0 aliphatic carbocycles. The molecule has 0 amide bonds. The van der Waals surface area contributed by atoms with Crippen LogP contribution in [0.2, 0.25) is 0 Å². The Labute approximate surface area is 74.7 Å². The third-order valence-corrected chi connectivity index (χ3v) is 1.75. The Hall–Kier alpha value is -0.120. The monoisotopic (exact) mass is 176 g/mol. The lowest BCUT2D eigenvalue weighted by molar-refractivity contribution is -0.0898. The van der Waals surface area contributed by atoms with E-state index in [1.807, 2.05) is 0 Å². The van der Waals surface area contributed by atoms with Crippen LogP contribution in [0.5, 0.6) is 0 Å². The lowest BCUT2D eigenvalue weighted by Crippen LogP contribution is -2.18. The van der Waals surface area contributed by atoms with Crippen molar-refractivity contribution in [2.75, 3.05) is 20.5 Å². The summed E-state index contributed by atoms with van der Waals surface area (Å²) in [5, 5.41) is 8.87. The molecule has 0 saturated carbocycles. The molecule has 0 radical (unpaired) electrons. The highest BCUT2D eigenvalue weighted by molar-refractivity contribution is 4.54. The number of aliphatic hydroxyl groups excluding tert-OH is 1. The molecule has 0 aliphatic rings. The van der Waals surface area contributed by atoms with Crippen LogP contribution in [-0.2, 0) is 9.47 Å². The van der Waals surface area contributed by atoms with Crippen molar-refractivity contribution in [3.63, 3.8) is 0 Å². The van der Waals surface area contributed by atoms with Crippen LogP contribution in [0.15, 0.2) is 0 Å². The largest absolute Gasteiger partial charge is 0.394 e. The van der Waals surface area contributed by atoms with Gasteiger partial charge in [-0.1, -0.05) is 26.2 Å². The molecule has 1 unspecified atom stereocenters. The van der Waals surface area contributed by atoms with Crippen molar-refractivity contribution in [2.45, 2.75) is 38.7 Å². The van der Waals surface area contributed by atoms with E-state index in [2.05, 4.69) is 6.92 Å². The van der Waals surface area contributed by atoms with Crippen molar-refractivity contribution in [3.8, 4) is 0 Å². The van der Waals surface area contributed by atoms with Gasteiger partial charge in [0.05, 0.1) is 12.7 Å². The normalized spacial score (nSPS) is 13.2. The molecule has 0 rings (SSSR count). The molecule has 3 heteroatoms. The molecule has 12 heavy (non-hydrogen) atoms. The van der Waals surface area contributed by atoms with Crippen molar-refractivity contribution in [1.29, 1.82) is 0 Å². The molecule has 3 nitrogen and oxygen atoms in total. The fourth-order valence-corrected chi connectivity index (χ4v) is 1.01. The van der Waals surface area contributed by atoms with Gasteiger partial charge >= 0.3 is 0 Å². The fourth-order valence-electron chi connectivity index (χ4n) is 1.01. The number of hydrogen-bond acceptors (Lipinski definition) is 3. The molecular weight excluding hydrogens is 156 g/mol. The lowest BCUT2D eigenvalue weighted by atomic mass is 10.1. The molecule has 1 N–H and O–H groups in total. The number of hydrogen-bond donors (Lipinski definition) is 1. The van der Waals surface area contributed by atoms with Crippen LogP contribution >= 0.6 is 0 Å². The molecule has 1 atom stereocenters. The first-order chi connectivity index (χ1) is 5.85. The summed E-state index contributed by atoms with van der Waals surface area (Å²) in [6, 6.07) is 0. The summed E-state index contributed by atoms with van der Waals surface area (Å²) in [6.07, 6.45) is 4.39. The Kier molecular flexibility index (Phi) is 8.88. The van der Waals surface area contributed by atoms with E-state index in [0.717, 1.165) is 12.8 Å². The molecule has 74 valence electrons. The highest BCUT2D eigenvalue weighted by Crippen LogP contribution is 2.05. The maximum Gasteiger partial charge on any atom is 0.146 e. The zero-order valence-corrected chi connectivity index (χ0v) is 8.08. The third-order valence-electron chi connectivity index (χ3n) is 1.75. The third kappa shape index (κ3) is 6.58.